The fourth-order valence-corrected chi connectivity index (χ4v) is 1.44. The normalized spacial score (nSPS) is 19.6. The Morgan fingerprint density at radius 1 is 1.85 bits per heavy atom. The van der Waals surface area contributed by atoms with Crippen LogP contribution in [0.3, 0.4) is 0 Å². The summed E-state index contributed by atoms with van der Waals surface area (Å²) in [7, 11) is 0. The van der Waals surface area contributed by atoms with E-state index in [0.717, 1.165) is 0 Å². The molecule has 1 atom stereocenters. The van der Waals surface area contributed by atoms with Gasteiger partial charge < -0.3 is 4.90 Å². The first kappa shape index (κ1) is 10.6. The minimum atomic E-state index is -0.286. The fourth-order valence-electron chi connectivity index (χ4n) is 1.28. The van der Waals surface area contributed by atoms with Crippen molar-refractivity contribution in [3.8, 4) is 0 Å². The highest BCUT2D eigenvalue weighted by Crippen LogP contribution is 2.14. The lowest BCUT2D eigenvalue weighted by atomic mass is 10.2. The number of amides is 1. The molecule has 13 heavy (non-hydrogen) atoms. The summed E-state index contributed by atoms with van der Waals surface area (Å²) in [6.07, 6.45) is 2.83. The predicted molar refractivity (Wildman–Crippen MR) is 53.5 cm³/mol. The second-order valence-electron chi connectivity index (χ2n) is 3.12. The number of carbonyl (C=O) groups excluding carboxylic acids is 1. The molecule has 0 saturated heterocycles. The van der Waals surface area contributed by atoms with E-state index in [-0.39, 0.29) is 23.5 Å². The summed E-state index contributed by atoms with van der Waals surface area (Å²) in [6, 6.07) is 0. The number of thiol groups is 1. The molecule has 1 aliphatic heterocycles. The van der Waals surface area contributed by atoms with Crippen molar-refractivity contribution in [3.63, 3.8) is 0 Å². The Balaban J connectivity index is 2.53. The predicted octanol–water partition coefficient (Wildman–Crippen LogP) is 1.78. The summed E-state index contributed by atoms with van der Waals surface area (Å²) < 4.78 is 12.8. The number of rotatable bonds is 2. The zero-order chi connectivity index (χ0) is 9.84. The summed E-state index contributed by atoms with van der Waals surface area (Å²) in [4.78, 5) is 13.1. The molecular formula is C9H14FNOS. The van der Waals surface area contributed by atoms with Gasteiger partial charge in [-0.25, -0.2) is 4.39 Å². The van der Waals surface area contributed by atoms with Crippen molar-refractivity contribution in [1.82, 2.24) is 4.90 Å². The monoisotopic (exact) mass is 203 g/mol. The summed E-state index contributed by atoms with van der Waals surface area (Å²) in [5, 5.41) is -0.286. The first-order chi connectivity index (χ1) is 6.15. The highest BCUT2D eigenvalue weighted by Gasteiger charge is 2.22. The van der Waals surface area contributed by atoms with Gasteiger partial charge in [0, 0.05) is 6.54 Å². The maximum atomic E-state index is 12.8. The molecule has 74 valence electrons. The first-order valence-corrected chi connectivity index (χ1v) is 4.98. The topological polar surface area (TPSA) is 20.3 Å². The van der Waals surface area contributed by atoms with Crippen molar-refractivity contribution in [2.75, 3.05) is 13.1 Å². The summed E-state index contributed by atoms with van der Waals surface area (Å²) in [5.41, 5.74) is 0. The second kappa shape index (κ2) is 4.65. The molecular weight excluding hydrogens is 189 g/mol. The lowest BCUT2D eigenvalue weighted by molar-refractivity contribution is -0.130. The van der Waals surface area contributed by atoms with E-state index in [1.165, 1.54) is 11.0 Å². The van der Waals surface area contributed by atoms with Gasteiger partial charge in [0.2, 0.25) is 5.91 Å². The van der Waals surface area contributed by atoms with Crippen molar-refractivity contribution in [2.24, 2.45) is 0 Å². The summed E-state index contributed by atoms with van der Waals surface area (Å²) in [6.45, 7) is 2.63. The van der Waals surface area contributed by atoms with Crippen LogP contribution in [0.1, 0.15) is 19.8 Å². The smallest absolute Gasteiger partial charge is 0.235 e. The Morgan fingerprint density at radius 2 is 2.54 bits per heavy atom. The Kier molecular flexibility index (Phi) is 3.78. The molecule has 0 radical (unpaired) electrons. The van der Waals surface area contributed by atoms with E-state index in [9.17, 15) is 9.18 Å². The molecule has 4 heteroatoms. The molecule has 0 spiro atoms. The van der Waals surface area contributed by atoms with E-state index in [1.807, 2.05) is 6.92 Å². The van der Waals surface area contributed by atoms with Crippen LogP contribution in [0.15, 0.2) is 11.9 Å². The van der Waals surface area contributed by atoms with Crippen LogP contribution in [0, 0.1) is 0 Å². The lowest BCUT2D eigenvalue weighted by Gasteiger charge is -2.26. The van der Waals surface area contributed by atoms with Crippen molar-refractivity contribution in [2.45, 2.75) is 25.0 Å². The Hall–Kier alpha value is -0.510. The van der Waals surface area contributed by atoms with Crippen molar-refractivity contribution in [3.05, 3.63) is 11.9 Å². The Labute approximate surface area is 83.2 Å². The molecule has 0 N–H and O–H groups in total. The van der Waals surface area contributed by atoms with Crippen LogP contribution in [0.2, 0.25) is 0 Å². The Bertz CT molecular complexity index is 230. The zero-order valence-corrected chi connectivity index (χ0v) is 8.56. The molecule has 1 amide bonds. The van der Waals surface area contributed by atoms with Crippen LogP contribution in [0.4, 0.5) is 4.39 Å². The molecule has 0 saturated carbocycles. The van der Waals surface area contributed by atoms with Crippen LogP contribution >= 0.6 is 12.6 Å². The van der Waals surface area contributed by atoms with E-state index in [4.69, 9.17) is 0 Å². The van der Waals surface area contributed by atoms with Gasteiger partial charge in [-0.15, -0.1) is 0 Å². The quantitative estimate of drug-likeness (QED) is 0.678. The van der Waals surface area contributed by atoms with Crippen molar-refractivity contribution >= 4 is 18.5 Å². The Morgan fingerprint density at radius 3 is 3.08 bits per heavy atom. The van der Waals surface area contributed by atoms with Gasteiger partial charge in [-0.05, 0) is 18.9 Å². The molecule has 0 aliphatic carbocycles. The van der Waals surface area contributed by atoms with E-state index in [1.54, 1.807) is 0 Å². The van der Waals surface area contributed by atoms with E-state index >= 15 is 0 Å². The van der Waals surface area contributed by atoms with Crippen LogP contribution in [0.5, 0.6) is 0 Å². The second-order valence-corrected chi connectivity index (χ2v) is 3.75. The standard InChI is InChI=1S/C9H14FNOS/c1-2-8(13)9(12)11-5-3-4-7(10)6-11/h4,8,13H,2-3,5-6H2,1H3. The van der Waals surface area contributed by atoms with Gasteiger partial charge in [0.05, 0.1) is 11.8 Å². The lowest BCUT2D eigenvalue weighted by Crippen LogP contribution is -2.39. The maximum Gasteiger partial charge on any atom is 0.235 e. The maximum absolute atomic E-state index is 12.8. The number of hydrogen-bond acceptors (Lipinski definition) is 2. The van der Waals surface area contributed by atoms with E-state index in [0.29, 0.717) is 19.4 Å². The highest BCUT2D eigenvalue weighted by atomic mass is 32.1. The van der Waals surface area contributed by atoms with Gasteiger partial charge in [-0.2, -0.15) is 12.6 Å². The number of carbonyl (C=O) groups is 1. The van der Waals surface area contributed by atoms with Crippen molar-refractivity contribution < 1.29 is 9.18 Å². The molecule has 1 rings (SSSR count). The van der Waals surface area contributed by atoms with Crippen LogP contribution < -0.4 is 0 Å². The molecule has 1 aliphatic rings. The summed E-state index contributed by atoms with van der Waals surface area (Å²) in [5.74, 6) is -0.273. The minimum absolute atomic E-state index is 0.0610. The van der Waals surface area contributed by atoms with Crippen LogP contribution in [0.25, 0.3) is 0 Å². The van der Waals surface area contributed by atoms with Crippen LogP contribution in [-0.2, 0) is 4.79 Å². The molecule has 0 fully saturated rings. The summed E-state index contributed by atoms with van der Waals surface area (Å²) >= 11 is 4.13. The van der Waals surface area contributed by atoms with Crippen LogP contribution in [-0.4, -0.2) is 29.1 Å². The zero-order valence-electron chi connectivity index (χ0n) is 7.66. The molecule has 2 nitrogen and oxygen atoms in total. The van der Waals surface area contributed by atoms with Crippen molar-refractivity contribution in [1.29, 1.82) is 0 Å². The first-order valence-electron chi connectivity index (χ1n) is 4.46. The molecule has 0 aromatic rings. The third-order valence-electron chi connectivity index (χ3n) is 2.09. The number of halogens is 1. The SMILES string of the molecule is CCC(S)C(=O)N1CCC=C(F)C1. The van der Waals surface area contributed by atoms with E-state index < -0.39 is 0 Å². The van der Waals surface area contributed by atoms with Gasteiger partial charge in [-0.1, -0.05) is 6.92 Å². The molecule has 1 heterocycles. The molecule has 0 aromatic carbocycles. The molecule has 0 aromatic heterocycles. The fraction of sp³-hybridized carbons (Fsp3) is 0.667. The highest BCUT2D eigenvalue weighted by molar-refractivity contribution is 7.81. The third-order valence-corrected chi connectivity index (χ3v) is 2.68. The minimum Gasteiger partial charge on any atom is -0.335 e. The van der Waals surface area contributed by atoms with Gasteiger partial charge in [0.25, 0.3) is 0 Å². The van der Waals surface area contributed by atoms with Gasteiger partial charge >= 0.3 is 0 Å². The van der Waals surface area contributed by atoms with Gasteiger partial charge in [-0.3, -0.25) is 4.79 Å². The average Bonchev–Trinajstić information content (AvgIpc) is 2.15. The van der Waals surface area contributed by atoms with E-state index in [2.05, 4.69) is 12.6 Å². The van der Waals surface area contributed by atoms with Gasteiger partial charge in [0.1, 0.15) is 5.83 Å². The largest absolute Gasteiger partial charge is 0.335 e. The average molecular weight is 203 g/mol. The number of nitrogens with zero attached hydrogens (tertiary/aromatic N) is 1. The van der Waals surface area contributed by atoms with Gasteiger partial charge in [0.15, 0.2) is 0 Å². The molecule has 1 unspecified atom stereocenters. The number of hydrogen-bond donors (Lipinski definition) is 1. The third kappa shape index (κ3) is 2.72. The molecule has 0 bridgehead atoms.